The summed E-state index contributed by atoms with van der Waals surface area (Å²) in [6.45, 7) is 4.51. The molecule has 1 saturated heterocycles. The van der Waals surface area contributed by atoms with Crippen molar-refractivity contribution in [2.24, 2.45) is 0 Å². The first-order chi connectivity index (χ1) is 7.79. The monoisotopic (exact) mass is 222 g/mol. The van der Waals surface area contributed by atoms with Gasteiger partial charge in [0.1, 0.15) is 18.0 Å². The number of aromatic nitrogens is 2. The van der Waals surface area contributed by atoms with E-state index in [1.54, 1.807) is 6.33 Å². The lowest BCUT2D eigenvalue weighted by atomic mass is 10.1. The van der Waals surface area contributed by atoms with Crippen molar-refractivity contribution in [2.75, 3.05) is 29.9 Å². The van der Waals surface area contributed by atoms with Crippen LogP contribution in [0.2, 0.25) is 0 Å². The normalized spacial score (nSPS) is 20.9. The summed E-state index contributed by atoms with van der Waals surface area (Å²) >= 11 is 0. The second-order valence-electron chi connectivity index (χ2n) is 4.03. The number of hydrogen-bond donors (Lipinski definition) is 2. The van der Waals surface area contributed by atoms with Gasteiger partial charge in [0.25, 0.3) is 0 Å². The van der Waals surface area contributed by atoms with Crippen LogP contribution in [0.1, 0.15) is 19.8 Å². The van der Waals surface area contributed by atoms with E-state index in [0.29, 0.717) is 6.54 Å². The molecule has 0 aliphatic carbocycles. The highest BCUT2D eigenvalue weighted by atomic mass is 16.3. The van der Waals surface area contributed by atoms with Crippen molar-refractivity contribution in [3.05, 3.63) is 12.4 Å². The molecule has 88 valence electrons. The lowest BCUT2D eigenvalue weighted by molar-refractivity contribution is 0.154. The second-order valence-corrected chi connectivity index (χ2v) is 4.03. The van der Waals surface area contributed by atoms with Crippen molar-refractivity contribution in [1.29, 1.82) is 0 Å². The molecule has 0 amide bonds. The zero-order valence-electron chi connectivity index (χ0n) is 9.56. The van der Waals surface area contributed by atoms with Crippen LogP contribution < -0.4 is 10.2 Å². The van der Waals surface area contributed by atoms with Crippen molar-refractivity contribution >= 4 is 11.6 Å². The number of aliphatic hydroxyl groups excluding tert-OH is 1. The highest BCUT2D eigenvalue weighted by molar-refractivity contribution is 5.48. The standard InChI is InChI=1S/C11H18N4O/c1-2-12-10-6-11(14-8-13-10)15-5-3-4-9(16)7-15/h6,8-9,16H,2-5,7H2,1H3,(H,12,13,14). The Balaban J connectivity index is 2.09. The van der Waals surface area contributed by atoms with Crippen LogP contribution in [0, 0.1) is 0 Å². The molecule has 2 heterocycles. The molecule has 1 aliphatic rings. The number of anilines is 2. The molecule has 1 fully saturated rings. The Bertz CT molecular complexity index is 345. The summed E-state index contributed by atoms with van der Waals surface area (Å²) in [5.41, 5.74) is 0. The van der Waals surface area contributed by atoms with Crippen LogP contribution in [-0.2, 0) is 0 Å². The van der Waals surface area contributed by atoms with Gasteiger partial charge in [-0.2, -0.15) is 0 Å². The van der Waals surface area contributed by atoms with Gasteiger partial charge in [-0.1, -0.05) is 0 Å². The van der Waals surface area contributed by atoms with Crippen LogP contribution in [0.15, 0.2) is 12.4 Å². The highest BCUT2D eigenvalue weighted by Crippen LogP contribution is 2.19. The fourth-order valence-corrected chi connectivity index (χ4v) is 1.96. The number of nitrogens with one attached hydrogen (secondary N) is 1. The summed E-state index contributed by atoms with van der Waals surface area (Å²) < 4.78 is 0. The van der Waals surface area contributed by atoms with Crippen molar-refractivity contribution in [3.8, 4) is 0 Å². The first-order valence-electron chi connectivity index (χ1n) is 5.78. The van der Waals surface area contributed by atoms with Crippen LogP contribution in [0.25, 0.3) is 0 Å². The third kappa shape index (κ3) is 2.61. The Labute approximate surface area is 95.5 Å². The van der Waals surface area contributed by atoms with Crippen molar-refractivity contribution in [1.82, 2.24) is 9.97 Å². The molecular weight excluding hydrogens is 204 g/mol. The SMILES string of the molecule is CCNc1cc(N2CCCC(O)C2)ncn1. The minimum absolute atomic E-state index is 0.230. The van der Waals surface area contributed by atoms with E-state index in [1.807, 2.05) is 13.0 Å². The topological polar surface area (TPSA) is 61.3 Å². The highest BCUT2D eigenvalue weighted by Gasteiger charge is 2.18. The lowest BCUT2D eigenvalue weighted by Gasteiger charge is -2.31. The molecule has 1 aliphatic heterocycles. The summed E-state index contributed by atoms with van der Waals surface area (Å²) in [7, 11) is 0. The molecule has 0 radical (unpaired) electrons. The maximum absolute atomic E-state index is 9.61. The maximum atomic E-state index is 9.61. The Morgan fingerprint density at radius 1 is 1.56 bits per heavy atom. The van der Waals surface area contributed by atoms with Gasteiger partial charge in [-0.15, -0.1) is 0 Å². The van der Waals surface area contributed by atoms with E-state index in [2.05, 4.69) is 20.2 Å². The average molecular weight is 222 g/mol. The Morgan fingerprint density at radius 3 is 3.19 bits per heavy atom. The van der Waals surface area contributed by atoms with Crippen molar-refractivity contribution < 1.29 is 5.11 Å². The molecule has 0 bridgehead atoms. The fourth-order valence-electron chi connectivity index (χ4n) is 1.96. The van der Waals surface area contributed by atoms with E-state index >= 15 is 0 Å². The molecule has 0 spiro atoms. The molecule has 2 N–H and O–H groups in total. The zero-order valence-corrected chi connectivity index (χ0v) is 9.56. The summed E-state index contributed by atoms with van der Waals surface area (Å²) in [6, 6.07) is 1.93. The van der Waals surface area contributed by atoms with Gasteiger partial charge in [0.2, 0.25) is 0 Å². The molecule has 5 heteroatoms. The summed E-state index contributed by atoms with van der Waals surface area (Å²) in [6.07, 6.45) is 3.24. The van der Waals surface area contributed by atoms with Crippen LogP contribution in [0.3, 0.4) is 0 Å². The number of β-amino-alcohol motifs (C(OH)–C–C–N with tert-alkyl or cyclic N) is 1. The lowest BCUT2D eigenvalue weighted by Crippen LogP contribution is -2.38. The maximum Gasteiger partial charge on any atom is 0.134 e. The predicted octanol–water partition coefficient (Wildman–Crippen LogP) is 0.869. The van der Waals surface area contributed by atoms with Gasteiger partial charge in [-0.25, -0.2) is 9.97 Å². The molecule has 16 heavy (non-hydrogen) atoms. The third-order valence-corrected chi connectivity index (χ3v) is 2.73. The quantitative estimate of drug-likeness (QED) is 0.794. The number of piperidine rings is 1. The summed E-state index contributed by atoms with van der Waals surface area (Å²) in [5.74, 6) is 1.73. The number of nitrogens with zero attached hydrogens (tertiary/aromatic N) is 3. The minimum atomic E-state index is -0.230. The van der Waals surface area contributed by atoms with Gasteiger partial charge in [0.05, 0.1) is 6.10 Å². The van der Waals surface area contributed by atoms with Gasteiger partial charge in [-0.3, -0.25) is 0 Å². The van der Waals surface area contributed by atoms with Crippen LogP contribution >= 0.6 is 0 Å². The predicted molar refractivity (Wildman–Crippen MR) is 63.6 cm³/mol. The fraction of sp³-hybridized carbons (Fsp3) is 0.636. The van der Waals surface area contributed by atoms with Crippen LogP contribution in [-0.4, -0.2) is 40.8 Å². The number of rotatable bonds is 3. The molecule has 1 aromatic heterocycles. The Hall–Kier alpha value is -1.36. The van der Waals surface area contributed by atoms with E-state index < -0.39 is 0 Å². The Kier molecular flexibility index (Phi) is 3.56. The minimum Gasteiger partial charge on any atom is -0.391 e. The molecule has 1 aromatic rings. The second kappa shape index (κ2) is 5.12. The number of hydrogen-bond acceptors (Lipinski definition) is 5. The average Bonchev–Trinajstić information content (AvgIpc) is 2.30. The first-order valence-corrected chi connectivity index (χ1v) is 5.78. The summed E-state index contributed by atoms with van der Waals surface area (Å²) in [5, 5.41) is 12.8. The molecule has 5 nitrogen and oxygen atoms in total. The summed E-state index contributed by atoms with van der Waals surface area (Å²) in [4.78, 5) is 10.5. The Morgan fingerprint density at radius 2 is 2.44 bits per heavy atom. The molecular formula is C11H18N4O. The molecule has 0 saturated carbocycles. The van der Waals surface area contributed by atoms with E-state index in [-0.39, 0.29) is 6.10 Å². The molecule has 0 aromatic carbocycles. The van der Waals surface area contributed by atoms with E-state index in [9.17, 15) is 5.11 Å². The van der Waals surface area contributed by atoms with Gasteiger partial charge < -0.3 is 15.3 Å². The van der Waals surface area contributed by atoms with Gasteiger partial charge in [0, 0.05) is 25.7 Å². The van der Waals surface area contributed by atoms with Crippen LogP contribution in [0.4, 0.5) is 11.6 Å². The van der Waals surface area contributed by atoms with E-state index in [1.165, 1.54) is 0 Å². The van der Waals surface area contributed by atoms with E-state index in [4.69, 9.17) is 0 Å². The third-order valence-electron chi connectivity index (χ3n) is 2.73. The van der Waals surface area contributed by atoms with Gasteiger partial charge in [0.15, 0.2) is 0 Å². The van der Waals surface area contributed by atoms with Crippen molar-refractivity contribution in [3.63, 3.8) is 0 Å². The first kappa shape index (κ1) is 11.1. The molecule has 1 unspecified atom stereocenters. The zero-order chi connectivity index (χ0) is 11.4. The number of aliphatic hydroxyl groups is 1. The van der Waals surface area contributed by atoms with Crippen molar-refractivity contribution in [2.45, 2.75) is 25.9 Å². The smallest absolute Gasteiger partial charge is 0.134 e. The molecule has 1 atom stereocenters. The van der Waals surface area contributed by atoms with Crippen LogP contribution in [0.5, 0.6) is 0 Å². The molecule has 2 rings (SSSR count). The van der Waals surface area contributed by atoms with Gasteiger partial charge >= 0.3 is 0 Å². The van der Waals surface area contributed by atoms with E-state index in [0.717, 1.165) is 37.6 Å². The van der Waals surface area contributed by atoms with Gasteiger partial charge in [-0.05, 0) is 19.8 Å². The largest absolute Gasteiger partial charge is 0.391 e.